The molecule has 23 nitrogen and oxygen atoms in total. The van der Waals surface area contributed by atoms with Gasteiger partial charge >= 0.3 is 0 Å². The molecule has 0 spiro atoms. The Morgan fingerprint density at radius 2 is 0.954 bits per heavy atom. The molecule has 0 aromatic rings. The molecule has 0 aromatic heterocycles. The van der Waals surface area contributed by atoms with Gasteiger partial charge in [-0.1, -0.05) is 109 Å². The maximum Gasteiger partial charge on any atom is 0.246 e. The third-order valence-corrected chi connectivity index (χ3v) is 16.4. The highest BCUT2D eigenvalue weighted by Gasteiger charge is 2.45. The summed E-state index contributed by atoms with van der Waals surface area (Å²) in [5, 5.41) is 23.3. The van der Waals surface area contributed by atoms with Crippen molar-refractivity contribution in [2.45, 2.75) is 229 Å². The fourth-order valence-corrected chi connectivity index (χ4v) is 11.1. The lowest BCUT2D eigenvalue weighted by atomic mass is 9.91. The highest BCUT2D eigenvalue weighted by Crippen LogP contribution is 2.26. The van der Waals surface area contributed by atoms with Gasteiger partial charge in [0.05, 0.1) is 25.2 Å². The van der Waals surface area contributed by atoms with Crippen LogP contribution >= 0.6 is 0 Å². The fourth-order valence-electron chi connectivity index (χ4n) is 11.1. The van der Waals surface area contributed by atoms with E-state index < -0.39 is 156 Å². The second-order valence-electron chi connectivity index (χ2n) is 27.0. The minimum atomic E-state index is -1.59. The SMILES string of the molecule is CC=CCC(C)C(O)C1C(=O)NC(CC)C(=O)N(C)CC(=O)CN(C)C(CC(C)C)C(=O)NC(C(C)C)C(=O)N(C)C(CC(C)C)C(=O)NC(C)C(=O)NC(C)CC(=O)N(C)C(CC(C)C)C(=O)N(C)C(CC(C)C)C(=O)N(C)C(C(C)C)C(=O)N1C. The van der Waals surface area contributed by atoms with Crippen molar-refractivity contribution in [1.29, 1.82) is 0 Å². The van der Waals surface area contributed by atoms with Gasteiger partial charge in [-0.3, -0.25) is 57.6 Å². The number of aliphatic hydroxyl groups excluding tert-OH is 1. The molecule has 1 aliphatic rings. The Morgan fingerprint density at radius 3 is 1.44 bits per heavy atom. The highest BCUT2D eigenvalue weighted by atomic mass is 16.3. The first-order valence-corrected chi connectivity index (χ1v) is 31.5. The van der Waals surface area contributed by atoms with Crippen LogP contribution in [0.3, 0.4) is 0 Å². The van der Waals surface area contributed by atoms with Gasteiger partial charge in [0.25, 0.3) is 0 Å². The third-order valence-electron chi connectivity index (χ3n) is 16.4. The van der Waals surface area contributed by atoms with Gasteiger partial charge in [-0.25, -0.2) is 0 Å². The molecular formula is C64H115N11O12. The Kier molecular flexibility index (Phi) is 33.2. The van der Waals surface area contributed by atoms with Crippen LogP contribution in [-0.4, -0.2) is 233 Å². The number of nitrogens with one attached hydrogen (secondary N) is 4. The van der Waals surface area contributed by atoms with Crippen LogP contribution in [0.4, 0.5) is 0 Å². The van der Waals surface area contributed by atoms with Crippen molar-refractivity contribution in [2.75, 3.05) is 62.4 Å². The van der Waals surface area contributed by atoms with E-state index in [2.05, 4.69) is 21.3 Å². The van der Waals surface area contributed by atoms with Crippen LogP contribution in [0.2, 0.25) is 0 Å². The average molecular weight is 1230 g/mol. The number of allylic oxidation sites excluding steroid dienone is 2. The largest absolute Gasteiger partial charge is 0.390 e. The number of carbonyl (C=O) groups is 11. The summed E-state index contributed by atoms with van der Waals surface area (Å²) in [6.45, 7) is 29.7. The smallest absolute Gasteiger partial charge is 0.246 e. The van der Waals surface area contributed by atoms with E-state index in [0.29, 0.717) is 6.42 Å². The van der Waals surface area contributed by atoms with E-state index in [1.807, 2.05) is 68.4 Å². The normalized spacial score (nSPS) is 27.0. The van der Waals surface area contributed by atoms with Crippen LogP contribution in [0.1, 0.15) is 163 Å². The molecule has 10 amide bonds. The van der Waals surface area contributed by atoms with Crippen LogP contribution in [0, 0.1) is 41.4 Å². The summed E-state index contributed by atoms with van der Waals surface area (Å²) in [6, 6.07) is -11.3. The second-order valence-corrected chi connectivity index (χ2v) is 27.0. The number of aliphatic hydroxyl groups is 1. The Balaban J connectivity index is 4.23. The molecule has 1 aliphatic heterocycles. The average Bonchev–Trinajstić information content (AvgIpc) is 1.80. The minimum absolute atomic E-state index is 0.0501. The van der Waals surface area contributed by atoms with E-state index in [1.54, 1.807) is 66.5 Å². The van der Waals surface area contributed by atoms with Crippen LogP contribution < -0.4 is 21.3 Å². The first-order valence-electron chi connectivity index (χ1n) is 31.5. The summed E-state index contributed by atoms with van der Waals surface area (Å²) < 4.78 is 0. The van der Waals surface area contributed by atoms with E-state index >= 15 is 9.59 Å². The summed E-state index contributed by atoms with van der Waals surface area (Å²) in [7, 11) is 10.3. The van der Waals surface area contributed by atoms with E-state index in [1.165, 1.54) is 68.8 Å². The summed E-state index contributed by atoms with van der Waals surface area (Å²) in [4.78, 5) is 168. The topological polar surface area (TPSA) is 279 Å². The zero-order valence-electron chi connectivity index (χ0n) is 57.5. The van der Waals surface area contributed by atoms with Crippen molar-refractivity contribution >= 4 is 64.9 Å². The van der Waals surface area contributed by atoms with Crippen molar-refractivity contribution in [1.82, 2.24) is 55.6 Å². The molecule has 1 heterocycles. The standard InChI is InChI=1S/C64H115N11O12/c1-25-27-28-42(15)55(78)54-59(82)67-46(26-2)60(83)70(19)35-45(76)34-69(18)47(29-36(3)4)57(80)68-52(40(11)12)63(86)72(21)48(30-37(5)6)58(81)66-44(17)56(79)65-43(16)33-51(77)71(20)49(31-38(7)8)61(84)73(22)50(32-39(9)10)62(85)74(23)53(41(13)14)64(87)75(54)24/h25,27,36-44,46-50,52-55,78H,26,28-35H2,1-24H3,(H,65,79)(H,66,81)(H,67,82)(H,68,80). The number of ketones is 1. The molecule has 1 fully saturated rings. The second kappa shape index (κ2) is 36.5. The van der Waals surface area contributed by atoms with E-state index in [0.717, 1.165) is 9.80 Å². The monoisotopic (exact) mass is 1230 g/mol. The summed E-state index contributed by atoms with van der Waals surface area (Å²) in [5.41, 5.74) is 0. The Labute approximate surface area is 521 Å². The van der Waals surface area contributed by atoms with Crippen molar-refractivity contribution < 1.29 is 57.8 Å². The number of rotatable bonds is 15. The predicted octanol–water partition coefficient (Wildman–Crippen LogP) is 3.70. The number of amides is 10. The molecule has 1 rings (SSSR count). The first-order chi connectivity index (χ1) is 40.2. The van der Waals surface area contributed by atoms with Gasteiger partial charge < -0.3 is 55.8 Å². The molecule has 0 saturated carbocycles. The van der Waals surface area contributed by atoms with Crippen molar-refractivity contribution in [3.63, 3.8) is 0 Å². The molecular weight excluding hydrogens is 1110 g/mol. The molecule has 0 bridgehead atoms. The lowest BCUT2D eigenvalue weighted by molar-refractivity contribution is -0.157. The van der Waals surface area contributed by atoms with Crippen LogP contribution in [0.15, 0.2) is 12.2 Å². The van der Waals surface area contributed by atoms with E-state index in [9.17, 15) is 48.3 Å². The molecule has 23 heteroatoms. The van der Waals surface area contributed by atoms with E-state index in [4.69, 9.17) is 0 Å². The quantitative estimate of drug-likeness (QED) is 0.147. The van der Waals surface area contributed by atoms with E-state index in [-0.39, 0.29) is 68.7 Å². The molecule has 498 valence electrons. The summed E-state index contributed by atoms with van der Waals surface area (Å²) in [6.07, 6.45) is 3.10. The minimum Gasteiger partial charge on any atom is -0.390 e. The van der Waals surface area contributed by atoms with Gasteiger partial charge in [0.2, 0.25) is 59.1 Å². The number of nitrogens with zero attached hydrogens (tertiary/aromatic N) is 7. The first kappa shape index (κ1) is 79.0. The lowest BCUT2D eigenvalue weighted by Crippen LogP contribution is -2.63. The number of hydrogen-bond donors (Lipinski definition) is 5. The Hall–Kier alpha value is -5.97. The molecule has 5 N–H and O–H groups in total. The molecule has 0 aliphatic carbocycles. The zero-order chi connectivity index (χ0) is 67.4. The molecule has 87 heavy (non-hydrogen) atoms. The summed E-state index contributed by atoms with van der Waals surface area (Å²) in [5.74, 6) is -8.62. The fraction of sp³-hybridized carbons (Fsp3) is 0.797. The zero-order valence-corrected chi connectivity index (χ0v) is 57.5. The molecule has 12 unspecified atom stereocenters. The van der Waals surface area contributed by atoms with Gasteiger partial charge in [-0.15, -0.1) is 0 Å². The van der Waals surface area contributed by atoms with Gasteiger partial charge in [-0.2, -0.15) is 0 Å². The molecule has 0 radical (unpaired) electrons. The molecule has 0 aromatic carbocycles. The van der Waals surface area contributed by atoms with Gasteiger partial charge in [0.1, 0.15) is 48.3 Å². The van der Waals surface area contributed by atoms with Crippen molar-refractivity contribution in [2.24, 2.45) is 41.4 Å². The van der Waals surface area contributed by atoms with Crippen LogP contribution in [-0.2, 0) is 52.7 Å². The van der Waals surface area contributed by atoms with Crippen LogP contribution in [0.5, 0.6) is 0 Å². The van der Waals surface area contributed by atoms with Crippen molar-refractivity contribution in [3.05, 3.63) is 12.2 Å². The third kappa shape index (κ3) is 23.5. The maximum absolute atomic E-state index is 15.1. The lowest BCUT2D eigenvalue weighted by Gasteiger charge is -2.41. The Morgan fingerprint density at radius 1 is 0.494 bits per heavy atom. The summed E-state index contributed by atoms with van der Waals surface area (Å²) >= 11 is 0. The van der Waals surface area contributed by atoms with Gasteiger partial charge in [0, 0.05) is 54.7 Å². The number of Topliss-reactive ketones (excluding diaryl/α,β-unsaturated/α-hetero) is 1. The van der Waals surface area contributed by atoms with Gasteiger partial charge in [-0.05, 0) is 108 Å². The number of likely N-dealkylation sites (N-methyl/N-ethyl adjacent to an activating group) is 7. The van der Waals surface area contributed by atoms with Gasteiger partial charge in [0.15, 0.2) is 5.78 Å². The maximum atomic E-state index is 15.1. The molecule has 1 saturated heterocycles. The predicted molar refractivity (Wildman–Crippen MR) is 338 cm³/mol. The van der Waals surface area contributed by atoms with Crippen LogP contribution in [0.25, 0.3) is 0 Å². The number of carbonyl (C=O) groups excluding carboxylic acids is 11. The highest BCUT2D eigenvalue weighted by molar-refractivity contribution is 5.98. The molecule has 12 atom stereocenters. The number of hydrogen-bond acceptors (Lipinski definition) is 13. The Bertz CT molecular complexity index is 2360. The van der Waals surface area contributed by atoms with Crippen molar-refractivity contribution in [3.8, 4) is 0 Å².